The molecule has 1 aliphatic heterocycles. The number of aryl methyl sites for hydroxylation is 1. The molecule has 1 aliphatic carbocycles. The van der Waals surface area contributed by atoms with Crippen molar-refractivity contribution in [1.29, 1.82) is 0 Å². The Morgan fingerprint density at radius 1 is 1.33 bits per heavy atom. The summed E-state index contributed by atoms with van der Waals surface area (Å²) < 4.78 is 0. The molecule has 1 aromatic rings. The average molecular weight is 310 g/mol. The molecule has 114 valence electrons. The van der Waals surface area contributed by atoms with Gasteiger partial charge in [-0.25, -0.2) is 0 Å². The van der Waals surface area contributed by atoms with Crippen LogP contribution in [0.4, 0.5) is 11.4 Å². The van der Waals surface area contributed by atoms with Crippen molar-refractivity contribution in [3.8, 4) is 0 Å². The number of hydrogen-bond donors (Lipinski definition) is 1. The van der Waals surface area contributed by atoms with E-state index < -0.39 is 4.92 Å². The molecular weight excluding hydrogens is 290 g/mol. The van der Waals surface area contributed by atoms with Gasteiger partial charge in [-0.15, -0.1) is 0 Å². The number of nitrogens with zero attached hydrogens (tertiary/aromatic N) is 2. The summed E-state index contributed by atoms with van der Waals surface area (Å²) in [7, 11) is 0. The van der Waals surface area contributed by atoms with E-state index in [4.69, 9.17) is 17.3 Å². The highest BCUT2D eigenvalue weighted by molar-refractivity contribution is 6.33. The van der Waals surface area contributed by atoms with Gasteiger partial charge >= 0.3 is 0 Å². The van der Waals surface area contributed by atoms with Crippen molar-refractivity contribution in [2.45, 2.75) is 32.2 Å². The van der Waals surface area contributed by atoms with Gasteiger partial charge in [0.25, 0.3) is 5.69 Å². The lowest BCUT2D eigenvalue weighted by molar-refractivity contribution is -0.384. The highest BCUT2D eigenvalue weighted by atomic mass is 35.5. The third-order valence-corrected chi connectivity index (χ3v) is 5.20. The summed E-state index contributed by atoms with van der Waals surface area (Å²) in [5, 5.41) is 11.2. The van der Waals surface area contributed by atoms with Crippen molar-refractivity contribution in [3.05, 3.63) is 32.8 Å². The van der Waals surface area contributed by atoms with Crippen LogP contribution in [-0.4, -0.2) is 24.1 Å². The van der Waals surface area contributed by atoms with Crippen molar-refractivity contribution >= 4 is 23.0 Å². The number of fused-ring (bicyclic) bond motifs is 1. The van der Waals surface area contributed by atoms with E-state index in [1.807, 2.05) is 6.92 Å². The van der Waals surface area contributed by atoms with E-state index in [0.29, 0.717) is 17.9 Å². The number of nitrogens with two attached hydrogens (primary N) is 1. The quantitative estimate of drug-likeness (QED) is 0.673. The van der Waals surface area contributed by atoms with Crippen molar-refractivity contribution in [2.75, 3.05) is 18.0 Å². The second-order valence-corrected chi connectivity index (χ2v) is 6.75. The summed E-state index contributed by atoms with van der Waals surface area (Å²) in [5.41, 5.74) is 7.98. The Hall–Kier alpha value is -1.33. The summed E-state index contributed by atoms with van der Waals surface area (Å²) in [6.07, 6.45) is 3.37. The standard InChI is InChI=1S/C15H20ClN3O2/c1-9-4-15(19(20)21)13(16)6-14(9)18-7-10-2-3-12(17)5-11(10)8-18/h4,6,10-12H,2-3,5,7-8,17H2,1H3/t10-,11+,12?/m1/s1. The minimum atomic E-state index is -0.429. The molecule has 2 N–H and O–H groups in total. The first-order chi connectivity index (χ1) is 9.95. The zero-order chi connectivity index (χ0) is 15.1. The monoisotopic (exact) mass is 309 g/mol. The first-order valence-electron chi connectivity index (χ1n) is 7.40. The van der Waals surface area contributed by atoms with Gasteiger partial charge in [0.15, 0.2) is 0 Å². The van der Waals surface area contributed by atoms with Gasteiger partial charge < -0.3 is 10.6 Å². The molecule has 0 aromatic heterocycles. The molecule has 2 aliphatic rings. The van der Waals surface area contributed by atoms with Gasteiger partial charge in [0, 0.05) is 30.9 Å². The van der Waals surface area contributed by atoms with Gasteiger partial charge in [0.1, 0.15) is 5.02 Å². The Morgan fingerprint density at radius 3 is 2.76 bits per heavy atom. The van der Waals surface area contributed by atoms with Crippen LogP contribution in [0.2, 0.25) is 5.02 Å². The Kier molecular flexibility index (Phi) is 3.80. The summed E-state index contributed by atoms with van der Waals surface area (Å²) in [5.74, 6) is 1.33. The number of nitro benzene ring substituents is 1. The van der Waals surface area contributed by atoms with E-state index in [0.717, 1.165) is 37.2 Å². The highest BCUT2D eigenvalue weighted by Gasteiger charge is 2.37. The zero-order valence-electron chi connectivity index (χ0n) is 12.1. The number of rotatable bonds is 2. The third-order valence-electron chi connectivity index (χ3n) is 4.89. The maximum Gasteiger partial charge on any atom is 0.288 e. The minimum absolute atomic E-state index is 0.0171. The fourth-order valence-corrected chi connectivity index (χ4v) is 4.03. The molecule has 1 saturated carbocycles. The first-order valence-corrected chi connectivity index (χ1v) is 7.78. The van der Waals surface area contributed by atoms with Gasteiger partial charge in [0.2, 0.25) is 0 Å². The van der Waals surface area contributed by atoms with Crippen LogP contribution >= 0.6 is 11.6 Å². The van der Waals surface area contributed by atoms with E-state index in [2.05, 4.69) is 4.90 Å². The molecular formula is C15H20ClN3O2. The molecule has 21 heavy (non-hydrogen) atoms. The molecule has 0 bridgehead atoms. The normalized spacial score (nSPS) is 28.5. The lowest BCUT2D eigenvalue weighted by Crippen LogP contribution is -2.32. The molecule has 1 heterocycles. The van der Waals surface area contributed by atoms with Crippen molar-refractivity contribution in [3.63, 3.8) is 0 Å². The van der Waals surface area contributed by atoms with Crippen LogP contribution < -0.4 is 10.6 Å². The number of halogens is 1. The number of benzene rings is 1. The third kappa shape index (κ3) is 2.72. The molecule has 1 unspecified atom stereocenters. The molecule has 3 atom stereocenters. The molecule has 0 spiro atoms. The van der Waals surface area contributed by atoms with Gasteiger partial charge in [-0.05, 0) is 49.7 Å². The van der Waals surface area contributed by atoms with Gasteiger partial charge in [-0.1, -0.05) is 11.6 Å². The lowest BCUT2D eigenvalue weighted by atomic mass is 9.79. The predicted octanol–water partition coefficient (Wildman–Crippen LogP) is 3.12. The second kappa shape index (κ2) is 5.46. The summed E-state index contributed by atoms with van der Waals surface area (Å²) in [6, 6.07) is 3.64. The maximum atomic E-state index is 10.9. The van der Waals surface area contributed by atoms with Gasteiger partial charge in [-0.2, -0.15) is 0 Å². The molecule has 0 radical (unpaired) electrons. The van der Waals surface area contributed by atoms with Gasteiger partial charge in [-0.3, -0.25) is 10.1 Å². The van der Waals surface area contributed by atoms with Crippen molar-refractivity contribution in [1.82, 2.24) is 0 Å². The maximum absolute atomic E-state index is 10.9. The van der Waals surface area contributed by atoms with Crippen LogP contribution in [0.1, 0.15) is 24.8 Å². The smallest absolute Gasteiger partial charge is 0.288 e. The first kappa shape index (κ1) is 14.6. The van der Waals surface area contributed by atoms with Crippen LogP contribution in [0, 0.1) is 28.9 Å². The number of hydrogen-bond acceptors (Lipinski definition) is 4. The van der Waals surface area contributed by atoms with E-state index in [1.54, 1.807) is 12.1 Å². The minimum Gasteiger partial charge on any atom is -0.371 e. The largest absolute Gasteiger partial charge is 0.371 e. The van der Waals surface area contributed by atoms with Crippen LogP contribution in [0.3, 0.4) is 0 Å². The van der Waals surface area contributed by atoms with Crippen molar-refractivity contribution < 1.29 is 4.92 Å². The van der Waals surface area contributed by atoms with E-state index >= 15 is 0 Å². The molecule has 2 fully saturated rings. The fourth-order valence-electron chi connectivity index (χ4n) is 3.80. The van der Waals surface area contributed by atoms with E-state index in [9.17, 15) is 10.1 Å². The van der Waals surface area contributed by atoms with Crippen LogP contribution in [0.15, 0.2) is 12.1 Å². The molecule has 3 rings (SSSR count). The predicted molar refractivity (Wildman–Crippen MR) is 83.9 cm³/mol. The Labute approximate surface area is 129 Å². The Bertz CT molecular complexity index is 578. The molecule has 6 heteroatoms. The summed E-state index contributed by atoms with van der Waals surface area (Å²) in [4.78, 5) is 12.8. The van der Waals surface area contributed by atoms with E-state index in [1.165, 1.54) is 6.42 Å². The number of nitro groups is 1. The van der Waals surface area contributed by atoms with Crippen LogP contribution in [0.5, 0.6) is 0 Å². The number of anilines is 1. The van der Waals surface area contributed by atoms with Crippen LogP contribution in [0.25, 0.3) is 0 Å². The molecule has 1 saturated heterocycles. The average Bonchev–Trinajstić information content (AvgIpc) is 2.83. The molecule has 0 amide bonds. The molecule has 5 nitrogen and oxygen atoms in total. The zero-order valence-corrected chi connectivity index (χ0v) is 12.8. The molecule has 1 aromatic carbocycles. The van der Waals surface area contributed by atoms with Crippen LogP contribution in [-0.2, 0) is 0 Å². The lowest BCUT2D eigenvalue weighted by Gasteiger charge is -2.27. The summed E-state index contributed by atoms with van der Waals surface area (Å²) in [6.45, 7) is 3.89. The topological polar surface area (TPSA) is 72.4 Å². The van der Waals surface area contributed by atoms with Crippen molar-refractivity contribution in [2.24, 2.45) is 17.6 Å². The summed E-state index contributed by atoms with van der Waals surface area (Å²) >= 11 is 6.06. The highest BCUT2D eigenvalue weighted by Crippen LogP contribution is 2.40. The second-order valence-electron chi connectivity index (χ2n) is 6.35. The SMILES string of the molecule is Cc1cc([N+](=O)[O-])c(Cl)cc1N1C[C@H]2CCC(N)C[C@H]2C1. The van der Waals surface area contributed by atoms with Gasteiger partial charge in [0.05, 0.1) is 4.92 Å². The fraction of sp³-hybridized carbons (Fsp3) is 0.600. The van der Waals surface area contributed by atoms with E-state index in [-0.39, 0.29) is 10.7 Å². The Morgan fingerprint density at radius 2 is 2.05 bits per heavy atom. The Balaban J connectivity index is 1.85.